The normalized spacial score (nSPS) is 35.4. The minimum absolute atomic E-state index is 0.0961. The van der Waals surface area contributed by atoms with Crippen molar-refractivity contribution in [2.24, 2.45) is 17.6 Å². The van der Waals surface area contributed by atoms with E-state index in [2.05, 4.69) is 4.90 Å². The lowest BCUT2D eigenvalue weighted by Crippen LogP contribution is -2.37. The molecule has 2 N–H and O–H groups in total. The number of nitrogens with two attached hydrogens (primary N) is 1. The van der Waals surface area contributed by atoms with E-state index in [4.69, 9.17) is 5.73 Å². The van der Waals surface area contributed by atoms with Crippen molar-refractivity contribution in [1.29, 1.82) is 0 Å². The Hall–Kier alpha value is -0.220. The maximum absolute atomic E-state index is 13.6. The second-order valence-electron chi connectivity index (χ2n) is 4.92. The zero-order chi connectivity index (χ0) is 10.9. The van der Waals surface area contributed by atoms with Crippen LogP contribution in [0.25, 0.3) is 0 Å². The van der Waals surface area contributed by atoms with Gasteiger partial charge in [-0.2, -0.15) is 0 Å². The van der Waals surface area contributed by atoms with Gasteiger partial charge in [-0.1, -0.05) is 0 Å². The summed E-state index contributed by atoms with van der Waals surface area (Å²) < 4.78 is 27.2. The molecule has 0 bridgehead atoms. The highest BCUT2D eigenvalue weighted by atomic mass is 19.3. The van der Waals surface area contributed by atoms with Crippen LogP contribution in [0.2, 0.25) is 0 Å². The highest BCUT2D eigenvalue weighted by molar-refractivity contribution is 4.95. The molecule has 0 unspecified atom stereocenters. The molecule has 0 aromatic heterocycles. The van der Waals surface area contributed by atoms with Crippen LogP contribution in [0, 0.1) is 11.8 Å². The van der Waals surface area contributed by atoms with Crippen molar-refractivity contribution in [2.45, 2.75) is 31.6 Å². The topological polar surface area (TPSA) is 29.3 Å². The maximum Gasteiger partial charge on any atom is 0.252 e. The van der Waals surface area contributed by atoms with Gasteiger partial charge in [0, 0.05) is 25.4 Å². The predicted octanol–water partition coefficient (Wildman–Crippen LogP) is 1.70. The van der Waals surface area contributed by atoms with Crippen LogP contribution in [0.15, 0.2) is 0 Å². The van der Waals surface area contributed by atoms with Crippen molar-refractivity contribution >= 4 is 0 Å². The number of likely N-dealkylation sites (tertiary alicyclic amines) is 1. The van der Waals surface area contributed by atoms with Gasteiger partial charge in [-0.25, -0.2) is 8.78 Å². The number of alkyl halides is 2. The van der Waals surface area contributed by atoms with E-state index in [9.17, 15) is 8.78 Å². The monoisotopic (exact) mass is 218 g/mol. The highest BCUT2D eigenvalue weighted by Crippen LogP contribution is 2.45. The maximum atomic E-state index is 13.6. The molecule has 2 nitrogen and oxygen atoms in total. The third-order valence-corrected chi connectivity index (χ3v) is 3.82. The lowest BCUT2D eigenvalue weighted by molar-refractivity contribution is -0.0945. The highest BCUT2D eigenvalue weighted by Gasteiger charge is 2.50. The molecule has 4 heteroatoms. The van der Waals surface area contributed by atoms with Gasteiger partial charge in [-0.15, -0.1) is 0 Å². The molecule has 1 saturated carbocycles. The Balaban J connectivity index is 1.93. The van der Waals surface area contributed by atoms with E-state index in [1.165, 1.54) is 0 Å². The average molecular weight is 218 g/mol. The molecule has 1 saturated heterocycles. The molecule has 1 heterocycles. The minimum Gasteiger partial charge on any atom is -0.330 e. The third-order valence-electron chi connectivity index (χ3n) is 3.82. The van der Waals surface area contributed by atoms with E-state index in [0.717, 1.165) is 25.9 Å². The number of halogens is 2. The van der Waals surface area contributed by atoms with Gasteiger partial charge in [0.25, 0.3) is 5.92 Å². The van der Waals surface area contributed by atoms with E-state index in [1.54, 1.807) is 0 Å². The van der Waals surface area contributed by atoms with Crippen molar-refractivity contribution < 1.29 is 8.78 Å². The van der Waals surface area contributed by atoms with E-state index >= 15 is 0 Å². The molecule has 0 spiro atoms. The summed E-state index contributed by atoms with van der Waals surface area (Å²) in [6.07, 6.45) is 2.70. The van der Waals surface area contributed by atoms with Crippen LogP contribution in [0.3, 0.4) is 0 Å². The van der Waals surface area contributed by atoms with E-state index in [0.29, 0.717) is 19.5 Å². The van der Waals surface area contributed by atoms with Crippen LogP contribution >= 0.6 is 0 Å². The molecule has 1 aliphatic carbocycles. The molecule has 0 aromatic carbocycles. The predicted molar refractivity (Wildman–Crippen MR) is 55.9 cm³/mol. The standard InChI is InChI=1S/C11H20F2N2/c12-11(13)4-1-3-9-7-15(6-2-5-14)8-10(9)11/h9-10H,1-8,14H2/t9-,10+/m0/s1. The quantitative estimate of drug-likeness (QED) is 0.781. The van der Waals surface area contributed by atoms with Gasteiger partial charge in [-0.05, 0) is 38.3 Å². The summed E-state index contributed by atoms with van der Waals surface area (Å²) in [6, 6.07) is 0. The molecule has 2 rings (SSSR count). The van der Waals surface area contributed by atoms with Gasteiger partial charge >= 0.3 is 0 Å². The molecule has 0 radical (unpaired) electrons. The molecular formula is C11H20F2N2. The first-order valence-corrected chi connectivity index (χ1v) is 5.94. The van der Waals surface area contributed by atoms with Crippen LogP contribution in [0.5, 0.6) is 0 Å². The fourth-order valence-electron chi connectivity index (χ4n) is 3.01. The molecule has 2 aliphatic rings. The Bertz CT molecular complexity index is 221. The van der Waals surface area contributed by atoms with Gasteiger partial charge in [0.2, 0.25) is 0 Å². The number of hydrogen-bond donors (Lipinski definition) is 1. The SMILES string of the molecule is NCCCN1C[C@@H]2CCCC(F)(F)[C@@H]2C1. The summed E-state index contributed by atoms with van der Waals surface area (Å²) in [5, 5.41) is 0. The summed E-state index contributed by atoms with van der Waals surface area (Å²) in [6.45, 7) is 2.99. The first-order valence-electron chi connectivity index (χ1n) is 5.94. The van der Waals surface area contributed by atoms with Gasteiger partial charge in [0.05, 0.1) is 0 Å². The summed E-state index contributed by atoms with van der Waals surface area (Å²) in [7, 11) is 0. The molecule has 0 amide bonds. The van der Waals surface area contributed by atoms with Crippen LogP contribution in [0.1, 0.15) is 25.7 Å². The molecule has 88 valence electrons. The largest absolute Gasteiger partial charge is 0.330 e. The third kappa shape index (κ3) is 2.31. The van der Waals surface area contributed by atoms with Gasteiger partial charge < -0.3 is 10.6 Å². The van der Waals surface area contributed by atoms with Crippen molar-refractivity contribution in [3.8, 4) is 0 Å². The van der Waals surface area contributed by atoms with Gasteiger partial charge in [0.15, 0.2) is 0 Å². The average Bonchev–Trinajstić information content (AvgIpc) is 2.59. The zero-order valence-electron chi connectivity index (χ0n) is 9.09. The molecule has 2 fully saturated rings. The number of hydrogen-bond acceptors (Lipinski definition) is 2. The number of nitrogens with zero attached hydrogens (tertiary/aromatic N) is 1. The molecule has 15 heavy (non-hydrogen) atoms. The fourth-order valence-corrected chi connectivity index (χ4v) is 3.01. The second-order valence-corrected chi connectivity index (χ2v) is 4.92. The molecule has 2 atom stereocenters. The van der Waals surface area contributed by atoms with Crippen molar-refractivity contribution in [3.63, 3.8) is 0 Å². The summed E-state index contributed by atoms with van der Waals surface area (Å²) in [4.78, 5) is 2.17. The van der Waals surface area contributed by atoms with Crippen LogP contribution in [-0.4, -0.2) is 37.0 Å². The number of rotatable bonds is 3. The Morgan fingerprint density at radius 3 is 2.80 bits per heavy atom. The lowest BCUT2D eigenvalue weighted by Gasteiger charge is -2.32. The number of fused-ring (bicyclic) bond motifs is 1. The van der Waals surface area contributed by atoms with Crippen LogP contribution < -0.4 is 5.73 Å². The van der Waals surface area contributed by atoms with Crippen LogP contribution in [-0.2, 0) is 0 Å². The smallest absolute Gasteiger partial charge is 0.252 e. The zero-order valence-corrected chi connectivity index (χ0v) is 9.09. The van der Waals surface area contributed by atoms with Gasteiger partial charge in [-0.3, -0.25) is 0 Å². The van der Waals surface area contributed by atoms with Crippen LogP contribution in [0.4, 0.5) is 8.78 Å². The Morgan fingerprint density at radius 2 is 2.13 bits per heavy atom. The molecule has 0 aromatic rings. The van der Waals surface area contributed by atoms with Crippen molar-refractivity contribution in [3.05, 3.63) is 0 Å². The summed E-state index contributed by atoms with van der Waals surface area (Å²) in [5.74, 6) is -2.57. The lowest BCUT2D eigenvalue weighted by atomic mass is 9.79. The summed E-state index contributed by atoms with van der Waals surface area (Å²) in [5.41, 5.74) is 5.43. The Labute approximate surface area is 89.8 Å². The van der Waals surface area contributed by atoms with Crippen molar-refractivity contribution in [2.75, 3.05) is 26.2 Å². The fraction of sp³-hybridized carbons (Fsp3) is 1.00. The Morgan fingerprint density at radius 1 is 1.33 bits per heavy atom. The van der Waals surface area contributed by atoms with Gasteiger partial charge in [0.1, 0.15) is 0 Å². The van der Waals surface area contributed by atoms with E-state index in [1.807, 2.05) is 0 Å². The molecule has 1 aliphatic heterocycles. The second kappa shape index (κ2) is 4.34. The first-order chi connectivity index (χ1) is 7.13. The van der Waals surface area contributed by atoms with Crippen molar-refractivity contribution in [1.82, 2.24) is 4.90 Å². The minimum atomic E-state index is -2.42. The van der Waals surface area contributed by atoms with E-state index in [-0.39, 0.29) is 18.3 Å². The molecular weight excluding hydrogens is 198 g/mol. The Kier molecular flexibility index (Phi) is 3.26. The first kappa shape index (κ1) is 11.3. The van der Waals surface area contributed by atoms with E-state index < -0.39 is 5.92 Å². The summed E-state index contributed by atoms with van der Waals surface area (Å²) >= 11 is 0.